The Kier molecular flexibility index (Phi) is 5.71. The van der Waals surface area contributed by atoms with E-state index in [-0.39, 0.29) is 0 Å². The maximum absolute atomic E-state index is 11.7. The minimum atomic E-state index is -1.08. The lowest BCUT2D eigenvalue weighted by atomic mass is 10.0. The second kappa shape index (κ2) is 8.25. The van der Waals surface area contributed by atoms with Crippen molar-refractivity contribution < 1.29 is 9.05 Å². The highest BCUT2D eigenvalue weighted by Crippen LogP contribution is 2.39. The Morgan fingerprint density at radius 1 is 1.21 bits per heavy atom. The molecule has 0 bridgehead atoms. The van der Waals surface area contributed by atoms with Crippen molar-refractivity contribution in [2.75, 3.05) is 18.6 Å². The maximum atomic E-state index is 11.7. The fourth-order valence-corrected chi connectivity index (χ4v) is 4.19. The highest BCUT2D eigenvalue weighted by molar-refractivity contribution is 7.84. The van der Waals surface area contributed by atoms with E-state index in [2.05, 4.69) is 20.7 Å². The third-order valence-electron chi connectivity index (χ3n) is 4.31. The monoisotopic (exact) mass is 449 g/mol. The van der Waals surface area contributed by atoms with Gasteiger partial charge in [0.25, 0.3) is 0 Å². The van der Waals surface area contributed by atoms with Crippen molar-refractivity contribution in [3.63, 3.8) is 0 Å². The molecule has 2 atom stereocenters. The number of fused-ring (bicyclic) bond motifs is 1. The minimum absolute atomic E-state index is 0.367. The topological polar surface area (TPSA) is 79.4 Å². The molecule has 0 saturated carbocycles. The zero-order valence-corrected chi connectivity index (χ0v) is 17.8. The molecule has 3 aromatic rings. The van der Waals surface area contributed by atoms with Gasteiger partial charge in [0.1, 0.15) is 5.69 Å². The number of nitrogens with one attached hydrogen (secondary N) is 2. The molecule has 0 aliphatic carbocycles. The van der Waals surface area contributed by atoms with Gasteiger partial charge in [-0.2, -0.15) is 0 Å². The van der Waals surface area contributed by atoms with Gasteiger partial charge in [0, 0.05) is 50.3 Å². The Bertz CT molecular complexity index is 1080. The van der Waals surface area contributed by atoms with Gasteiger partial charge in [0.15, 0.2) is 5.75 Å². The molecule has 1 aliphatic heterocycles. The molecule has 2 N–H and O–H groups in total. The van der Waals surface area contributed by atoms with Crippen LogP contribution in [0.4, 0.5) is 11.6 Å². The van der Waals surface area contributed by atoms with Crippen LogP contribution in [-0.2, 0) is 10.8 Å². The van der Waals surface area contributed by atoms with E-state index in [0.717, 1.165) is 5.69 Å². The normalized spacial score (nSPS) is 17.3. The summed E-state index contributed by atoms with van der Waals surface area (Å²) < 4.78 is 11.7. The molecule has 2 heterocycles. The second-order valence-electron chi connectivity index (χ2n) is 6.34. The van der Waals surface area contributed by atoms with Crippen molar-refractivity contribution >= 4 is 45.6 Å². The summed E-state index contributed by atoms with van der Waals surface area (Å²) >= 11 is 12.8. The molecule has 0 amide bonds. The fraction of sp³-hybridized carbons (Fsp3) is 0.158. The lowest BCUT2D eigenvalue weighted by Crippen LogP contribution is -2.45. The SMILES string of the molecule is CN1NC(c2c(Cl)cccc2Cl)c2nc(Nc3cccc(S(C)=O)c3)ncc2O1. The number of hydrazine groups is 1. The Balaban J connectivity index is 1.73. The molecule has 0 saturated heterocycles. The first-order valence-corrected chi connectivity index (χ1v) is 10.9. The van der Waals surface area contributed by atoms with E-state index < -0.39 is 16.8 Å². The Labute approximate surface area is 180 Å². The number of hydrogen-bond acceptors (Lipinski definition) is 7. The van der Waals surface area contributed by atoms with Crippen LogP contribution in [0.3, 0.4) is 0 Å². The quantitative estimate of drug-likeness (QED) is 0.620. The Morgan fingerprint density at radius 2 is 1.93 bits per heavy atom. The molecule has 1 aliphatic rings. The van der Waals surface area contributed by atoms with Gasteiger partial charge in [0.05, 0.1) is 12.2 Å². The van der Waals surface area contributed by atoms with Crippen LogP contribution < -0.4 is 15.6 Å². The molecule has 0 fully saturated rings. The molecule has 29 heavy (non-hydrogen) atoms. The van der Waals surface area contributed by atoms with Gasteiger partial charge in [0.2, 0.25) is 5.95 Å². The predicted molar refractivity (Wildman–Crippen MR) is 114 cm³/mol. The summed E-state index contributed by atoms with van der Waals surface area (Å²) in [6, 6.07) is 12.2. The molecular formula is C19H17Cl2N5O2S. The third-order valence-corrected chi connectivity index (χ3v) is 5.89. The molecule has 7 nitrogen and oxygen atoms in total. The molecule has 0 radical (unpaired) electrons. The van der Waals surface area contributed by atoms with Crippen LogP contribution in [-0.4, -0.2) is 32.7 Å². The summed E-state index contributed by atoms with van der Waals surface area (Å²) in [4.78, 5) is 15.3. The van der Waals surface area contributed by atoms with Crippen LogP contribution in [0.2, 0.25) is 10.0 Å². The van der Waals surface area contributed by atoms with Crippen molar-refractivity contribution in [3.8, 4) is 5.75 Å². The summed E-state index contributed by atoms with van der Waals surface area (Å²) in [5.41, 5.74) is 5.18. The van der Waals surface area contributed by atoms with E-state index in [4.69, 9.17) is 28.0 Å². The highest BCUT2D eigenvalue weighted by atomic mass is 35.5. The number of nitrogens with zero attached hydrogens (tertiary/aromatic N) is 3. The minimum Gasteiger partial charge on any atom is -0.388 e. The van der Waals surface area contributed by atoms with Crippen molar-refractivity contribution in [2.24, 2.45) is 0 Å². The molecule has 0 spiro atoms. The van der Waals surface area contributed by atoms with Gasteiger partial charge in [-0.1, -0.05) is 40.5 Å². The van der Waals surface area contributed by atoms with Crippen LogP contribution in [0.5, 0.6) is 5.75 Å². The summed E-state index contributed by atoms with van der Waals surface area (Å²) in [5, 5.41) is 5.64. The Morgan fingerprint density at radius 3 is 2.66 bits per heavy atom. The van der Waals surface area contributed by atoms with Gasteiger partial charge in [-0.25, -0.2) is 15.4 Å². The van der Waals surface area contributed by atoms with Crippen molar-refractivity contribution in [1.82, 2.24) is 20.6 Å². The van der Waals surface area contributed by atoms with Gasteiger partial charge in [-0.15, -0.1) is 0 Å². The van der Waals surface area contributed by atoms with Gasteiger partial charge in [-0.3, -0.25) is 4.21 Å². The van der Waals surface area contributed by atoms with Crippen LogP contribution >= 0.6 is 23.2 Å². The molecule has 150 valence electrons. The van der Waals surface area contributed by atoms with E-state index in [1.54, 1.807) is 49.8 Å². The molecular weight excluding hydrogens is 433 g/mol. The summed E-state index contributed by atoms with van der Waals surface area (Å²) in [6.45, 7) is 0. The second-order valence-corrected chi connectivity index (χ2v) is 8.53. The van der Waals surface area contributed by atoms with Crippen molar-refractivity contribution in [3.05, 3.63) is 70.0 Å². The molecule has 4 rings (SSSR count). The van der Waals surface area contributed by atoms with Crippen LogP contribution in [0.25, 0.3) is 0 Å². The average Bonchev–Trinajstić information content (AvgIpc) is 2.68. The summed E-state index contributed by atoms with van der Waals surface area (Å²) in [6.07, 6.45) is 3.22. The lowest BCUT2D eigenvalue weighted by molar-refractivity contribution is -0.104. The largest absolute Gasteiger partial charge is 0.388 e. The Hall–Kier alpha value is -2.23. The van der Waals surface area contributed by atoms with Gasteiger partial charge >= 0.3 is 0 Å². The first kappa shape index (κ1) is 20.1. The van der Waals surface area contributed by atoms with Crippen LogP contribution in [0.1, 0.15) is 17.3 Å². The van der Waals surface area contributed by atoms with Crippen molar-refractivity contribution in [2.45, 2.75) is 10.9 Å². The number of aromatic nitrogens is 2. The number of halogens is 2. The highest BCUT2D eigenvalue weighted by Gasteiger charge is 2.31. The lowest BCUT2D eigenvalue weighted by Gasteiger charge is -2.32. The third kappa shape index (κ3) is 4.22. The summed E-state index contributed by atoms with van der Waals surface area (Å²) in [7, 11) is 0.641. The van der Waals surface area contributed by atoms with Gasteiger partial charge in [-0.05, 0) is 30.3 Å². The zero-order chi connectivity index (χ0) is 20.5. The number of benzene rings is 2. The molecule has 10 heteroatoms. The van der Waals surface area contributed by atoms with Gasteiger partial charge < -0.3 is 10.2 Å². The van der Waals surface area contributed by atoms with E-state index >= 15 is 0 Å². The molecule has 2 aromatic carbocycles. The smallest absolute Gasteiger partial charge is 0.227 e. The standard InChI is InChI=1S/C19H17Cl2N5O2S/c1-26-25-18(16-13(20)7-4-8-14(16)21)17-15(28-26)10-22-19(24-17)23-11-5-3-6-12(9-11)29(2)27/h3-10,18,25H,1-2H3,(H,22,23,24). The first-order chi connectivity index (χ1) is 13.9. The number of anilines is 2. The maximum Gasteiger partial charge on any atom is 0.227 e. The fourth-order valence-electron chi connectivity index (χ4n) is 3.01. The summed E-state index contributed by atoms with van der Waals surface area (Å²) in [5.74, 6) is 0.854. The zero-order valence-electron chi connectivity index (χ0n) is 15.5. The van der Waals surface area contributed by atoms with E-state index in [1.807, 2.05) is 12.1 Å². The predicted octanol–water partition coefficient (Wildman–Crippen LogP) is 4.10. The van der Waals surface area contributed by atoms with Crippen LogP contribution in [0.15, 0.2) is 53.6 Å². The van der Waals surface area contributed by atoms with Crippen molar-refractivity contribution in [1.29, 1.82) is 0 Å². The average molecular weight is 450 g/mol. The van der Waals surface area contributed by atoms with E-state index in [0.29, 0.717) is 37.9 Å². The number of hydroxylamine groups is 1. The van der Waals surface area contributed by atoms with E-state index in [1.165, 1.54) is 5.17 Å². The van der Waals surface area contributed by atoms with E-state index in [9.17, 15) is 4.21 Å². The molecule has 1 aromatic heterocycles. The van der Waals surface area contributed by atoms with Crippen LogP contribution in [0, 0.1) is 0 Å². The number of hydrogen-bond donors (Lipinski definition) is 2. The molecule has 2 unspecified atom stereocenters. The first-order valence-electron chi connectivity index (χ1n) is 8.61. The number of rotatable bonds is 4.